The number of ether oxygens (including phenoxy) is 1. The Balaban J connectivity index is 1.60. The zero-order valence-electron chi connectivity index (χ0n) is 15.6. The predicted octanol–water partition coefficient (Wildman–Crippen LogP) is 3.34. The summed E-state index contributed by atoms with van der Waals surface area (Å²) >= 11 is 0. The van der Waals surface area contributed by atoms with Crippen molar-refractivity contribution in [1.29, 1.82) is 0 Å². The van der Waals surface area contributed by atoms with Crippen molar-refractivity contribution < 1.29 is 19.1 Å². The Bertz CT molecular complexity index is 857. The van der Waals surface area contributed by atoms with Crippen molar-refractivity contribution in [1.82, 2.24) is 0 Å². The number of carbonyl (C=O) groups is 3. The Morgan fingerprint density at radius 2 is 1.81 bits per heavy atom. The van der Waals surface area contributed by atoms with Crippen LogP contribution in [-0.2, 0) is 20.7 Å². The fourth-order valence-electron chi connectivity index (χ4n) is 3.25. The Morgan fingerprint density at radius 3 is 2.52 bits per heavy atom. The van der Waals surface area contributed by atoms with Crippen LogP contribution in [0.15, 0.2) is 48.5 Å². The Labute approximate surface area is 158 Å². The highest BCUT2D eigenvalue weighted by molar-refractivity contribution is 6.01. The average Bonchev–Trinajstić information content (AvgIpc) is 3.08. The van der Waals surface area contributed by atoms with Crippen LogP contribution in [0, 0.1) is 12.8 Å². The lowest BCUT2D eigenvalue weighted by Crippen LogP contribution is -2.28. The molecule has 0 unspecified atom stereocenters. The van der Waals surface area contributed by atoms with Gasteiger partial charge in [0.1, 0.15) is 0 Å². The van der Waals surface area contributed by atoms with Gasteiger partial charge in [-0.25, -0.2) is 0 Å². The van der Waals surface area contributed by atoms with Crippen LogP contribution < -0.4 is 4.90 Å². The molecule has 0 spiro atoms. The highest BCUT2D eigenvalue weighted by Gasteiger charge is 2.37. The molecule has 5 heteroatoms. The Morgan fingerprint density at radius 1 is 1.11 bits per heavy atom. The van der Waals surface area contributed by atoms with Gasteiger partial charge in [0.25, 0.3) is 0 Å². The van der Waals surface area contributed by atoms with Crippen LogP contribution in [0.2, 0.25) is 0 Å². The van der Waals surface area contributed by atoms with Crippen molar-refractivity contribution >= 4 is 23.3 Å². The van der Waals surface area contributed by atoms with Crippen molar-refractivity contribution in [3.8, 4) is 0 Å². The number of aryl methyl sites for hydroxylation is 2. The van der Waals surface area contributed by atoms with Gasteiger partial charge in [0.2, 0.25) is 5.91 Å². The van der Waals surface area contributed by atoms with E-state index in [-0.39, 0.29) is 31.3 Å². The summed E-state index contributed by atoms with van der Waals surface area (Å²) < 4.78 is 5.19. The molecule has 5 nitrogen and oxygen atoms in total. The molecule has 1 atom stereocenters. The normalized spacial score (nSPS) is 16.4. The lowest BCUT2D eigenvalue weighted by molar-refractivity contribution is -0.147. The van der Waals surface area contributed by atoms with Crippen molar-refractivity contribution in [3.63, 3.8) is 0 Å². The zero-order valence-corrected chi connectivity index (χ0v) is 15.6. The van der Waals surface area contributed by atoms with E-state index in [9.17, 15) is 14.4 Å². The number of nitrogens with zero attached hydrogens (tertiary/aromatic N) is 1. The first-order chi connectivity index (χ1) is 13.0. The standard InChI is InChI=1S/C22H23NO4/c1-3-16-6-4-5-7-19(16)23-13-18(12-21(23)25)22(26)27-14-20(24)17-10-8-15(2)9-11-17/h4-11,18H,3,12-14H2,1-2H3/t18-/m0/s1. The van der Waals surface area contributed by atoms with Crippen LogP contribution in [0.5, 0.6) is 0 Å². The van der Waals surface area contributed by atoms with Gasteiger partial charge in [0.15, 0.2) is 12.4 Å². The number of hydrogen-bond acceptors (Lipinski definition) is 4. The van der Waals surface area contributed by atoms with Crippen LogP contribution in [0.1, 0.15) is 34.8 Å². The Kier molecular flexibility index (Phi) is 5.69. The minimum Gasteiger partial charge on any atom is -0.457 e. The van der Waals surface area contributed by atoms with Gasteiger partial charge in [-0.15, -0.1) is 0 Å². The number of benzene rings is 2. The van der Waals surface area contributed by atoms with E-state index in [4.69, 9.17) is 4.74 Å². The zero-order chi connectivity index (χ0) is 19.4. The second-order valence-electron chi connectivity index (χ2n) is 6.78. The quantitative estimate of drug-likeness (QED) is 0.582. The SMILES string of the molecule is CCc1ccccc1N1C[C@@H](C(=O)OCC(=O)c2ccc(C)cc2)CC1=O. The van der Waals surface area contributed by atoms with Crippen LogP contribution >= 0.6 is 0 Å². The number of amides is 1. The van der Waals surface area contributed by atoms with Gasteiger partial charge in [0.05, 0.1) is 5.92 Å². The molecule has 27 heavy (non-hydrogen) atoms. The summed E-state index contributed by atoms with van der Waals surface area (Å²) in [5.74, 6) is -1.39. The summed E-state index contributed by atoms with van der Waals surface area (Å²) in [4.78, 5) is 38.6. The van der Waals surface area contributed by atoms with Gasteiger partial charge in [-0.3, -0.25) is 14.4 Å². The first-order valence-electron chi connectivity index (χ1n) is 9.14. The molecule has 140 valence electrons. The van der Waals surface area contributed by atoms with E-state index >= 15 is 0 Å². The highest BCUT2D eigenvalue weighted by atomic mass is 16.5. The summed E-state index contributed by atoms with van der Waals surface area (Å²) in [5.41, 5.74) is 3.47. The Hall–Kier alpha value is -2.95. The number of anilines is 1. The number of Topliss-reactive ketones (excluding diaryl/α,β-unsaturated/α-hetero) is 1. The van der Waals surface area contributed by atoms with E-state index in [1.807, 2.05) is 50.2 Å². The molecule has 2 aromatic rings. The van der Waals surface area contributed by atoms with E-state index in [0.29, 0.717) is 5.56 Å². The molecular formula is C22H23NO4. The van der Waals surface area contributed by atoms with Gasteiger partial charge >= 0.3 is 5.97 Å². The molecular weight excluding hydrogens is 342 g/mol. The maximum atomic E-state index is 12.4. The summed E-state index contributed by atoms with van der Waals surface area (Å²) in [6, 6.07) is 14.8. The minimum atomic E-state index is -0.548. The molecule has 3 rings (SSSR count). The second-order valence-corrected chi connectivity index (χ2v) is 6.78. The van der Waals surface area contributed by atoms with Crippen LogP contribution in [0.3, 0.4) is 0 Å². The van der Waals surface area contributed by atoms with E-state index < -0.39 is 11.9 Å². The van der Waals surface area contributed by atoms with E-state index in [0.717, 1.165) is 23.2 Å². The molecule has 0 aromatic heterocycles. The summed E-state index contributed by atoms with van der Waals surface area (Å²) in [7, 11) is 0. The number of carbonyl (C=O) groups excluding carboxylic acids is 3. The van der Waals surface area contributed by atoms with Gasteiger partial charge in [-0.05, 0) is 25.0 Å². The topological polar surface area (TPSA) is 63.7 Å². The minimum absolute atomic E-state index is 0.0947. The van der Waals surface area contributed by atoms with Crippen LogP contribution in [0.25, 0.3) is 0 Å². The lowest BCUT2D eigenvalue weighted by atomic mass is 10.1. The summed E-state index contributed by atoms with van der Waals surface area (Å²) in [6.07, 6.45) is 0.912. The highest BCUT2D eigenvalue weighted by Crippen LogP contribution is 2.29. The largest absolute Gasteiger partial charge is 0.457 e. The molecule has 1 aliphatic rings. The first-order valence-corrected chi connectivity index (χ1v) is 9.14. The number of rotatable bonds is 6. The average molecular weight is 365 g/mol. The van der Waals surface area contributed by atoms with Crippen molar-refractivity contribution in [2.24, 2.45) is 5.92 Å². The maximum Gasteiger partial charge on any atom is 0.311 e. The predicted molar refractivity (Wildman–Crippen MR) is 103 cm³/mol. The molecule has 0 radical (unpaired) electrons. The fraction of sp³-hybridized carbons (Fsp3) is 0.318. The smallest absolute Gasteiger partial charge is 0.311 e. The van der Waals surface area contributed by atoms with Crippen molar-refractivity contribution in [2.75, 3.05) is 18.1 Å². The molecule has 1 amide bonds. The third-order valence-corrected chi connectivity index (χ3v) is 4.84. The first kappa shape index (κ1) is 18.8. The van der Waals surface area contributed by atoms with E-state index in [2.05, 4.69) is 0 Å². The van der Waals surface area contributed by atoms with E-state index in [1.165, 1.54) is 0 Å². The van der Waals surface area contributed by atoms with Gasteiger partial charge in [0, 0.05) is 24.2 Å². The molecule has 0 aliphatic carbocycles. The number of esters is 1. The molecule has 0 saturated carbocycles. The molecule has 0 bridgehead atoms. The van der Waals surface area contributed by atoms with E-state index in [1.54, 1.807) is 17.0 Å². The van der Waals surface area contributed by atoms with Crippen LogP contribution in [-0.4, -0.2) is 30.8 Å². The molecule has 0 N–H and O–H groups in total. The monoisotopic (exact) mass is 365 g/mol. The number of hydrogen-bond donors (Lipinski definition) is 0. The molecule has 1 fully saturated rings. The number of para-hydroxylation sites is 1. The van der Waals surface area contributed by atoms with Gasteiger partial charge in [-0.2, -0.15) is 0 Å². The fourth-order valence-corrected chi connectivity index (χ4v) is 3.25. The molecule has 1 saturated heterocycles. The summed E-state index contributed by atoms with van der Waals surface area (Å²) in [6.45, 7) is 3.95. The van der Waals surface area contributed by atoms with Crippen LogP contribution in [0.4, 0.5) is 5.69 Å². The van der Waals surface area contributed by atoms with Crippen molar-refractivity contribution in [3.05, 3.63) is 65.2 Å². The third-order valence-electron chi connectivity index (χ3n) is 4.84. The molecule has 1 heterocycles. The number of ketones is 1. The molecule has 1 aliphatic heterocycles. The van der Waals surface area contributed by atoms with Gasteiger partial charge < -0.3 is 9.64 Å². The maximum absolute atomic E-state index is 12.4. The summed E-state index contributed by atoms with van der Waals surface area (Å²) in [5, 5.41) is 0. The molecule has 2 aromatic carbocycles. The van der Waals surface area contributed by atoms with Gasteiger partial charge in [-0.1, -0.05) is 55.0 Å². The third kappa shape index (κ3) is 4.25. The lowest BCUT2D eigenvalue weighted by Gasteiger charge is -2.19. The second kappa shape index (κ2) is 8.16. The van der Waals surface area contributed by atoms with Crippen molar-refractivity contribution in [2.45, 2.75) is 26.7 Å².